The highest BCUT2D eigenvalue weighted by molar-refractivity contribution is 5.94. The van der Waals surface area contributed by atoms with Crippen LogP contribution in [0.1, 0.15) is 34.8 Å². The summed E-state index contributed by atoms with van der Waals surface area (Å²) in [6.07, 6.45) is 1.55. The lowest BCUT2D eigenvalue weighted by molar-refractivity contribution is 0.0696. The van der Waals surface area contributed by atoms with Crippen LogP contribution >= 0.6 is 0 Å². The number of hydrogen-bond donors (Lipinski definition) is 0. The zero-order chi connectivity index (χ0) is 22.9. The van der Waals surface area contributed by atoms with Crippen molar-refractivity contribution < 1.29 is 13.9 Å². The van der Waals surface area contributed by atoms with Crippen LogP contribution in [0, 0.1) is 12.7 Å². The molecule has 33 heavy (non-hydrogen) atoms. The fraction of sp³-hybridized carbons (Fsp3) is 0.259. The van der Waals surface area contributed by atoms with Crippen LogP contribution < -0.4 is 4.74 Å². The molecule has 0 radical (unpaired) electrons. The largest absolute Gasteiger partial charge is 0.496 e. The summed E-state index contributed by atoms with van der Waals surface area (Å²) in [4.78, 5) is 19.8. The van der Waals surface area contributed by atoms with Crippen molar-refractivity contribution in [3.8, 4) is 17.1 Å². The molecule has 5 nitrogen and oxygen atoms in total. The molecule has 0 aliphatic carbocycles. The summed E-state index contributed by atoms with van der Waals surface area (Å²) in [6.45, 7) is 3.22. The summed E-state index contributed by atoms with van der Waals surface area (Å²) in [6, 6.07) is 20.4. The van der Waals surface area contributed by atoms with Gasteiger partial charge < -0.3 is 14.2 Å². The fourth-order valence-electron chi connectivity index (χ4n) is 4.69. The lowest BCUT2D eigenvalue weighted by atomic mass is 10.0. The topological polar surface area (TPSA) is 47.4 Å². The van der Waals surface area contributed by atoms with Gasteiger partial charge in [0.1, 0.15) is 17.4 Å². The van der Waals surface area contributed by atoms with Crippen molar-refractivity contribution in [1.29, 1.82) is 0 Å². The van der Waals surface area contributed by atoms with Gasteiger partial charge in [0.15, 0.2) is 0 Å². The molecular weight excluding hydrogens is 417 g/mol. The van der Waals surface area contributed by atoms with E-state index in [2.05, 4.69) is 4.57 Å². The number of aromatic nitrogens is 2. The van der Waals surface area contributed by atoms with E-state index in [1.54, 1.807) is 19.2 Å². The van der Waals surface area contributed by atoms with Crippen LogP contribution in [-0.4, -0.2) is 40.6 Å². The maximum atomic E-state index is 14.1. The second-order valence-electron chi connectivity index (χ2n) is 8.51. The lowest BCUT2D eigenvalue weighted by Gasteiger charge is -2.34. The van der Waals surface area contributed by atoms with Crippen LogP contribution in [-0.2, 0) is 0 Å². The number of likely N-dealkylation sites (tertiary alicyclic amines) is 1. The van der Waals surface area contributed by atoms with Crippen molar-refractivity contribution in [3.05, 3.63) is 83.7 Å². The van der Waals surface area contributed by atoms with E-state index in [0.29, 0.717) is 18.7 Å². The molecule has 0 N–H and O–H groups in total. The van der Waals surface area contributed by atoms with Crippen LogP contribution in [0.15, 0.2) is 66.7 Å². The van der Waals surface area contributed by atoms with Crippen molar-refractivity contribution in [2.24, 2.45) is 0 Å². The molecule has 1 aromatic heterocycles. The minimum atomic E-state index is -0.274. The van der Waals surface area contributed by atoms with E-state index in [0.717, 1.165) is 46.6 Å². The third kappa shape index (κ3) is 3.97. The molecule has 0 saturated carbocycles. The summed E-state index contributed by atoms with van der Waals surface area (Å²) < 4.78 is 21.7. The van der Waals surface area contributed by atoms with Crippen LogP contribution in [0.25, 0.3) is 22.4 Å². The number of fused-ring (bicyclic) bond motifs is 1. The zero-order valence-corrected chi connectivity index (χ0v) is 18.8. The van der Waals surface area contributed by atoms with Gasteiger partial charge in [-0.1, -0.05) is 36.4 Å². The monoisotopic (exact) mass is 443 g/mol. The predicted octanol–water partition coefficient (Wildman–Crippen LogP) is 5.64. The quantitative estimate of drug-likeness (QED) is 0.410. The Morgan fingerprint density at radius 2 is 1.79 bits per heavy atom. The number of hydrogen-bond acceptors (Lipinski definition) is 3. The van der Waals surface area contributed by atoms with E-state index in [1.165, 1.54) is 6.07 Å². The molecule has 0 bridgehead atoms. The first-order valence-electron chi connectivity index (χ1n) is 11.2. The molecular formula is C27H26FN3O2. The van der Waals surface area contributed by atoms with Crippen molar-refractivity contribution in [3.63, 3.8) is 0 Å². The van der Waals surface area contributed by atoms with E-state index in [4.69, 9.17) is 9.72 Å². The Morgan fingerprint density at radius 3 is 2.52 bits per heavy atom. The van der Waals surface area contributed by atoms with Gasteiger partial charge in [0, 0.05) is 30.3 Å². The van der Waals surface area contributed by atoms with E-state index < -0.39 is 0 Å². The highest BCUT2D eigenvalue weighted by Gasteiger charge is 2.28. The number of carbonyl (C=O) groups is 1. The Labute approximate surface area is 192 Å². The molecule has 1 fully saturated rings. The molecule has 5 rings (SSSR count). The zero-order valence-electron chi connectivity index (χ0n) is 18.8. The number of imidazole rings is 1. The molecule has 168 valence electrons. The molecule has 1 aliphatic rings. The Kier molecular flexibility index (Phi) is 5.58. The molecule has 1 saturated heterocycles. The summed E-state index contributed by atoms with van der Waals surface area (Å²) in [5.74, 6) is 1.29. The normalized spacial score (nSPS) is 14.6. The Morgan fingerprint density at radius 1 is 1.03 bits per heavy atom. The van der Waals surface area contributed by atoms with Crippen LogP contribution in [0.5, 0.6) is 5.75 Å². The van der Waals surface area contributed by atoms with Gasteiger partial charge in [-0.05, 0) is 55.7 Å². The van der Waals surface area contributed by atoms with Gasteiger partial charge in [-0.2, -0.15) is 0 Å². The number of rotatable bonds is 4. The highest BCUT2D eigenvalue weighted by atomic mass is 19.1. The number of benzene rings is 3. The van der Waals surface area contributed by atoms with Crippen LogP contribution in [0.3, 0.4) is 0 Å². The smallest absolute Gasteiger partial charge is 0.253 e. The van der Waals surface area contributed by atoms with Gasteiger partial charge in [-0.3, -0.25) is 4.79 Å². The molecule has 0 atom stereocenters. The van der Waals surface area contributed by atoms with Gasteiger partial charge in [0.2, 0.25) is 0 Å². The Hall–Kier alpha value is -3.67. The molecule has 1 aliphatic heterocycles. The van der Waals surface area contributed by atoms with Gasteiger partial charge in [-0.15, -0.1) is 0 Å². The van der Waals surface area contributed by atoms with E-state index >= 15 is 0 Å². The van der Waals surface area contributed by atoms with Crippen LogP contribution in [0.2, 0.25) is 0 Å². The maximum Gasteiger partial charge on any atom is 0.253 e. The third-order valence-electron chi connectivity index (χ3n) is 6.46. The van der Waals surface area contributed by atoms with E-state index in [1.807, 2.05) is 60.4 Å². The van der Waals surface area contributed by atoms with Crippen molar-refractivity contribution in [1.82, 2.24) is 14.5 Å². The molecule has 0 unspecified atom stereocenters. The molecule has 0 spiro atoms. The number of methoxy groups -OCH3 is 1. The number of aryl methyl sites for hydroxylation is 1. The summed E-state index contributed by atoms with van der Waals surface area (Å²) in [7, 11) is 1.62. The lowest BCUT2D eigenvalue weighted by Crippen LogP contribution is -2.39. The number of carbonyl (C=O) groups excluding carboxylic acids is 1. The van der Waals surface area contributed by atoms with Crippen molar-refractivity contribution >= 4 is 16.9 Å². The molecule has 2 heterocycles. The average Bonchev–Trinajstić information content (AvgIpc) is 3.23. The highest BCUT2D eigenvalue weighted by Crippen LogP contribution is 2.34. The number of ether oxygens (including phenoxy) is 1. The first-order chi connectivity index (χ1) is 16.0. The molecule has 1 amide bonds. The summed E-state index contributed by atoms with van der Waals surface area (Å²) in [5.41, 5.74) is 4.21. The number of piperidine rings is 1. The van der Waals surface area contributed by atoms with Crippen molar-refractivity contribution in [2.75, 3.05) is 20.2 Å². The van der Waals surface area contributed by atoms with Gasteiger partial charge in [-0.25, -0.2) is 9.37 Å². The third-order valence-corrected chi connectivity index (χ3v) is 6.46. The SMILES string of the molecule is COc1cc(C(=O)N2CCC(n3c(-c4ccccc4)nc4ccc(F)cc43)CC2)ccc1C. The van der Waals surface area contributed by atoms with Crippen LogP contribution in [0.4, 0.5) is 4.39 Å². The number of halogens is 1. The predicted molar refractivity (Wildman–Crippen MR) is 127 cm³/mol. The number of amides is 1. The molecule has 4 aromatic rings. The maximum absolute atomic E-state index is 14.1. The number of nitrogens with zero attached hydrogens (tertiary/aromatic N) is 3. The molecule has 6 heteroatoms. The second-order valence-corrected chi connectivity index (χ2v) is 8.51. The van der Waals surface area contributed by atoms with Gasteiger partial charge >= 0.3 is 0 Å². The van der Waals surface area contributed by atoms with E-state index in [-0.39, 0.29) is 17.8 Å². The minimum absolute atomic E-state index is 0.0107. The Balaban J connectivity index is 1.43. The molecule has 3 aromatic carbocycles. The summed E-state index contributed by atoms with van der Waals surface area (Å²) >= 11 is 0. The van der Waals surface area contributed by atoms with E-state index in [9.17, 15) is 9.18 Å². The second kappa shape index (κ2) is 8.70. The standard InChI is InChI=1S/C27H26FN3O2/c1-18-8-9-20(16-25(18)33-2)27(32)30-14-12-22(13-15-30)31-24-17-21(28)10-11-23(24)29-26(31)19-6-4-3-5-7-19/h3-11,16-17,22H,12-15H2,1-2H3. The summed E-state index contributed by atoms with van der Waals surface area (Å²) in [5, 5.41) is 0. The van der Waals surface area contributed by atoms with Crippen molar-refractivity contribution in [2.45, 2.75) is 25.8 Å². The van der Waals surface area contributed by atoms with Gasteiger partial charge in [0.05, 0.1) is 18.1 Å². The average molecular weight is 444 g/mol. The fourth-order valence-corrected chi connectivity index (χ4v) is 4.69. The first kappa shape index (κ1) is 21.2. The Bertz CT molecular complexity index is 1310. The van der Waals surface area contributed by atoms with Gasteiger partial charge in [0.25, 0.3) is 5.91 Å². The first-order valence-corrected chi connectivity index (χ1v) is 11.2. The minimum Gasteiger partial charge on any atom is -0.496 e.